The Hall–Kier alpha value is -1.35. The van der Waals surface area contributed by atoms with E-state index in [1.807, 2.05) is 0 Å². The number of rotatable bonds is 4. The molecule has 16 heavy (non-hydrogen) atoms. The Balaban J connectivity index is 1.71. The molecule has 0 atom stereocenters. The molecule has 0 aromatic heterocycles. The van der Waals surface area contributed by atoms with Crippen molar-refractivity contribution in [3.05, 3.63) is 42.2 Å². The predicted octanol–water partition coefficient (Wildman–Crippen LogP) is 2.47. The van der Waals surface area contributed by atoms with Gasteiger partial charge in [-0.15, -0.1) is 0 Å². The molecule has 0 spiro atoms. The molecule has 2 nitrogen and oxygen atoms in total. The van der Waals surface area contributed by atoms with Crippen LogP contribution in [-0.2, 0) is 0 Å². The molecule has 1 aromatic carbocycles. The molecule has 0 amide bonds. The maximum absolute atomic E-state index is 12.6. The summed E-state index contributed by atoms with van der Waals surface area (Å²) in [6.07, 6.45) is 5.51. The van der Waals surface area contributed by atoms with Gasteiger partial charge in [0.2, 0.25) is 0 Å². The van der Waals surface area contributed by atoms with Gasteiger partial charge in [-0.05, 0) is 30.7 Å². The standard InChI is InChI=1S/C13H16FNO/c14-12-4-6-13(7-5-12)16-11-10-15-8-2-1-3-9-15/h1-2,4-7H,3,8-11H2. The van der Waals surface area contributed by atoms with E-state index >= 15 is 0 Å². The van der Waals surface area contributed by atoms with Gasteiger partial charge in [0.15, 0.2) is 0 Å². The number of ether oxygens (including phenoxy) is 1. The SMILES string of the molecule is Fc1ccc(OCCN2CC=CCC2)cc1. The topological polar surface area (TPSA) is 12.5 Å². The van der Waals surface area contributed by atoms with Crippen molar-refractivity contribution in [1.29, 1.82) is 0 Å². The van der Waals surface area contributed by atoms with Gasteiger partial charge < -0.3 is 4.74 Å². The highest BCUT2D eigenvalue weighted by Crippen LogP contribution is 2.11. The summed E-state index contributed by atoms with van der Waals surface area (Å²) in [5.74, 6) is 0.502. The summed E-state index contributed by atoms with van der Waals surface area (Å²) in [6, 6.07) is 6.15. The van der Waals surface area contributed by atoms with Crippen molar-refractivity contribution >= 4 is 0 Å². The normalized spacial score (nSPS) is 16.3. The van der Waals surface area contributed by atoms with Gasteiger partial charge in [0, 0.05) is 19.6 Å². The third kappa shape index (κ3) is 3.35. The lowest BCUT2D eigenvalue weighted by atomic mass is 10.2. The van der Waals surface area contributed by atoms with Crippen LogP contribution in [0.2, 0.25) is 0 Å². The first-order valence-electron chi connectivity index (χ1n) is 5.60. The lowest BCUT2D eigenvalue weighted by Crippen LogP contribution is -2.31. The fourth-order valence-electron chi connectivity index (χ4n) is 1.72. The van der Waals surface area contributed by atoms with Crippen molar-refractivity contribution in [2.45, 2.75) is 6.42 Å². The minimum absolute atomic E-state index is 0.228. The van der Waals surface area contributed by atoms with Crippen LogP contribution in [0.4, 0.5) is 4.39 Å². The van der Waals surface area contributed by atoms with Crippen LogP contribution in [0.5, 0.6) is 5.75 Å². The van der Waals surface area contributed by atoms with Crippen molar-refractivity contribution in [3.8, 4) is 5.75 Å². The van der Waals surface area contributed by atoms with Crippen molar-refractivity contribution in [1.82, 2.24) is 4.90 Å². The van der Waals surface area contributed by atoms with E-state index in [0.29, 0.717) is 6.61 Å². The third-order valence-corrected chi connectivity index (χ3v) is 2.63. The van der Waals surface area contributed by atoms with E-state index in [-0.39, 0.29) is 5.82 Å². The van der Waals surface area contributed by atoms with Gasteiger partial charge in [0.05, 0.1) is 0 Å². The van der Waals surface area contributed by atoms with Crippen LogP contribution in [0.1, 0.15) is 6.42 Å². The number of hydrogen-bond donors (Lipinski definition) is 0. The first-order valence-corrected chi connectivity index (χ1v) is 5.60. The smallest absolute Gasteiger partial charge is 0.123 e. The van der Waals surface area contributed by atoms with Crippen molar-refractivity contribution in [2.75, 3.05) is 26.2 Å². The molecule has 0 bridgehead atoms. The third-order valence-electron chi connectivity index (χ3n) is 2.63. The van der Waals surface area contributed by atoms with E-state index in [2.05, 4.69) is 17.1 Å². The van der Waals surface area contributed by atoms with Gasteiger partial charge in [0.1, 0.15) is 18.2 Å². The zero-order valence-electron chi connectivity index (χ0n) is 9.23. The fraction of sp³-hybridized carbons (Fsp3) is 0.385. The number of benzene rings is 1. The maximum Gasteiger partial charge on any atom is 0.123 e. The number of hydrogen-bond acceptors (Lipinski definition) is 2. The van der Waals surface area contributed by atoms with Gasteiger partial charge in [-0.3, -0.25) is 4.90 Å². The van der Waals surface area contributed by atoms with E-state index in [4.69, 9.17) is 4.74 Å². The maximum atomic E-state index is 12.6. The predicted molar refractivity (Wildman–Crippen MR) is 62.1 cm³/mol. The van der Waals surface area contributed by atoms with E-state index in [1.54, 1.807) is 12.1 Å². The molecule has 86 valence electrons. The summed E-state index contributed by atoms with van der Waals surface area (Å²) in [7, 11) is 0. The van der Waals surface area contributed by atoms with E-state index in [9.17, 15) is 4.39 Å². The minimum Gasteiger partial charge on any atom is -0.492 e. The van der Waals surface area contributed by atoms with Crippen molar-refractivity contribution in [3.63, 3.8) is 0 Å². The molecule has 1 aromatic rings. The van der Waals surface area contributed by atoms with Gasteiger partial charge in [-0.25, -0.2) is 4.39 Å². The van der Waals surface area contributed by atoms with Crippen LogP contribution in [0.3, 0.4) is 0 Å². The van der Waals surface area contributed by atoms with Crippen molar-refractivity contribution < 1.29 is 9.13 Å². The second-order valence-electron chi connectivity index (χ2n) is 3.86. The molecular weight excluding hydrogens is 205 g/mol. The van der Waals surface area contributed by atoms with E-state index < -0.39 is 0 Å². The molecule has 1 aliphatic heterocycles. The Kier molecular flexibility index (Phi) is 3.94. The Labute approximate surface area is 95.3 Å². The molecule has 2 rings (SSSR count). The number of halogens is 1. The largest absolute Gasteiger partial charge is 0.492 e. The minimum atomic E-state index is -0.228. The second-order valence-corrected chi connectivity index (χ2v) is 3.86. The molecular formula is C13H16FNO. The molecule has 0 aliphatic carbocycles. The average Bonchev–Trinajstić information content (AvgIpc) is 2.33. The molecule has 0 fully saturated rings. The summed E-state index contributed by atoms with van der Waals surface area (Å²) in [5, 5.41) is 0. The molecule has 1 aliphatic rings. The average molecular weight is 221 g/mol. The lowest BCUT2D eigenvalue weighted by molar-refractivity contribution is 0.220. The molecule has 1 heterocycles. The van der Waals surface area contributed by atoms with Crippen molar-refractivity contribution in [2.24, 2.45) is 0 Å². The number of nitrogens with zero attached hydrogens (tertiary/aromatic N) is 1. The van der Waals surface area contributed by atoms with Gasteiger partial charge in [-0.1, -0.05) is 12.2 Å². The van der Waals surface area contributed by atoms with Crippen LogP contribution in [-0.4, -0.2) is 31.1 Å². The quantitative estimate of drug-likeness (QED) is 0.724. The Bertz CT molecular complexity index is 347. The highest BCUT2D eigenvalue weighted by Gasteiger charge is 2.05. The molecule has 3 heteroatoms. The van der Waals surface area contributed by atoms with Crippen LogP contribution in [0.15, 0.2) is 36.4 Å². The summed E-state index contributed by atoms with van der Waals surface area (Å²) in [5.41, 5.74) is 0. The zero-order chi connectivity index (χ0) is 11.2. The van der Waals surface area contributed by atoms with Gasteiger partial charge in [0.25, 0.3) is 0 Å². The Morgan fingerprint density at radius 2 is 2.00 bits per heavy atom. The van der Waals surface area contributed by atoms with Gasteiger partial charge >= 0.3 is 0 Å². The lowest BCUT2D eigenvalue weighted by Gasteiger charge is -2.22. The second kappa shape index (κ2) is 5.66. The Morgan fingerprint density at radius 3 is 2.69 bits per heavy atom. The summed E-state index contributed by atoms with van der Waals surface area (Å²) in [6.45, 7) is 3.68. The fourth-order valence-corrected chi connectivity index (χ4v) is 1.72. The van der Waals surface area contributed by atoms with Crippen LogP contribution < -0.4 is 4.74 Å². The molecule has 0 N–H and O–H groups in total. The Morgan fingerprint density at radius 1 is 1.19 bits per heavy atom. The summed E-state index contributed by atoms with van der Waals surface area (Å²) < 4.78 is 18.2. The summed E-state index contributed by atoms with van der Waals surface area (Å²) >= 11 is 0. The highest BCUT2D eigenvalue weighted by molar-refractivity contribution is 5.21. The monoisotopic (exact) mass is 221 g/mol. The van der Waals surface area contributed by atoms with Crippen LogP contribution in [0, 0.1) is 5.82 Å². The zero-order valence-corrected chi connectivity index (χ0v) is 9.23. The molecule has 0 radical (unpaired) electrons. The molecule has 0 saturated carbocycles. The van der Waals surface area contributed by atoms with Crippen LogP contribution >= 0.6 is 0 Å². The molecule has 0 saturated heterocycles. The summed E-state index contributed by atoms with van der Waals surface area (Å²) in [4.78, 5) is 2.34. The molecule has 0 unspecified atom stereocenters. The van der Waals surface area contributed by atoms with E-state index in [0.717, 1.165) is 31.8 Å². The van der Waals surface area contributed by atoms with Crippen LogP contribution in [0.25, 0.3) is 0 Å². The first-order chi connectivity index (χ1) is 7.84. The highest BCUT2D eigenvalue weighted by atomic mass is 19.1. The van der Waals surface area contributed by atoms with Gasteiger partial charge in [-0.2, -0.15) is 0 Å². The first kappa shape index (κ1) is 11.1. The van der Waals surface area contributed by atoms with E-state index in [1.165, 1.54) is 12.1 Å².